The molecule has 1 aromatic carbocycles. The normalized spacial score (nSPS) is 13.9. The first-order valence-electron chi connectivity index (χ1n) is 15.6. The van der Waals surface area contributed by atoms with E-state index < -0.39 is 0 Å². The third-order valence-corrected chi connectivity index (χ3v) is 8.53. The second-order valence-corrected chi connectivity index (χ2v) is 12.2. The van der Waals surface area contributed by atoms with Gasteiger partial charge in [-0.2, -0.15) is 5.10 Å². The SMILES string of the molecule is CN(C)CCOc1cc(F)cc(-c2nccc3[nH]c(-c4n[nH]c5cnc(-c6cncc(CNCC7CCCC7)c6)cc45)cc23)c1. The maximum absolute atomic E-state index is 14.7. The highest BCUT2D eigenvalue weighted by atomic mass is 19.1. The van der Waals surface area contributed by atoms with Crippen LogP contribution in [0.15, 0.2) is 67.3 Å². The molecule has 1 saturated carbocycles. The second-order valence-electron chi connectivity index (χ2n) is 12.2. The lowest BCUT2D eigenvalue weighted by Gasteiger charge is -2.12. The highest BCUT2D eigenvalue weighted by Crippen LogP contribution is 2.35. The molecule has 0 unspecified atom stereocenters. The summed E-state index contributed by atoms with van der Waals surface area (Å²) in [5, 5.41) is 13.2. The van der Waals surface area contributed by atoms with E-state index in [9.17, 15) is 4.39 Å². The minimum Gasteiger partial charge on any atom is -0.492 e. The van der Waals surface area contributed by atoms with Crippen LogP contribution >= 0.6 is 0 Å². The summed E-state index contributed by atoms with van der Waals surface area (Å²) in [7, 11) is 3.94. The fourth-order valence-electron chi connectivity index (χ4n) is 6.18. The molecule has 5 heterocycles. The highest BCUT2D eigenvalue weighted by molar-refractivity contribution is 6.00. The summed E-state index contributed by atoms with van der Waals surface area (Å²) in [6, 6.07) is 12.9. The van der Waals surface area contributed by atoms with Gasteiger partial charge in [-0.3, -0.25) is 20.1 Å². The molecule has 230 valence electrons. The maximum atomic E-state index is 14.7. The third kappa shape index (κ3) is 6.43. The first kappa shape index (κ1) is 29.1. The minimum absolute atomic E-state index is 0.372. The zero-order valence-corrected chi connectivity index (χ0v) is 25.6. The number of nitrogens with zero attached hydrogens (tertiary/aromatic N) is 5. The number of benzene rings is 1. The number of rotatable bonds is 11. The van der Waals surface area contributed by atoms with Crippen LogP contribution in [-0.2, 0) is 6.54 Å². The molecule has 1 aliphatic rings. The molecular weight excluding hydrogens is 567 g/mol. The smallest absolute Gasteiger partial charge is 0.127 e. The van der Waals surface area contributed by atoms with Crippen molar-refractivity contribution in [3.63, 3.8) is 0 Å². The van der Waals surface area contributed by atoms with Crippen LogP contribution < -0.4 is 10.1 Å². The van der Waals surface area contributed by atoms with Crippen LogP contribution in [0, 0.1) is 11.7 Å². The van der Waals surface area contributed by atoms with Crippen molar-refractivity contribution in [3.05, 3.63) is 78.6 Å². The van der Waals surface area contributed by atoms with Gasteiger partial charge in [0.05, 0.1) is 28.8 Å². The Morgan fingerprint density at radius 2 is 1.80 bits per heavy atom. The van der Waals surface area contributed by atoms with Crippen molar-refractivity contribution in [3.8, 4) is 39.7 Å². The number of hydrogen-bond donors (Lipinski definition) is 3. The van der Waals surface area contributed by atoms with Crippen LogP contribution in [0.2, 0.25) is 0 Å². The van der Waals surface area contributed by atoms with Gasteiger partial charge in [-0.1, -0.05) is 12.8 Å². The Hall–Kier alpha value is -4.67. The lowest BCUT2D eigenvalue weighted by Crippen LogP contribution is -2.20. The van der Waals surface area contributed by atoms with Gasteiger partial charge in [0.25, 0.3) is 0 Å². The zero-order chi connectivity index (χ0) is 30.8. The number of likely N-dealkylation sites (N-methyl/N-ethyl adjacent to an activating group) is 1. The molecule has 1 fully saturated rings. The van der Waals surface area contributed by atoms with E-state index in [1.807, 2.05) is 55.8 Å². The molecule has 5 aromatic heterocycles. The Morgan fingerprint density at radius 1 is 0.933 bits per heavy atom. The van der Waals surface area contributed by atoms with Crippen molar-refractivity contribution in [2.24, 2.45) is 5.92 Å². The summed E-state index contributed by atoms with van der Waals surface area (Å²) < 4.78 is 20.5. The van der Waals surface area contributed by atoms with Crippen molar-refractivity contribution in [2.75, 3.05) is 33.8 Å². The summed E-state index contributed by atoms with van der Waals surface area (Å²) in [5.74, 6) is 0.894. The highest BCUT2D eigenvalue weighted by Gasteiger charge is 2.17. The Balaban J connectivity index is 1.17. The van der Waals surface area contributed by atoms with E-state index in [-0.39, 0.29) is 5.82 Å². The van der Waals surface area contributed by atoms with E-state index in [0.29, 0.717) is 23.6 Å². The molecule has 0 saturated heterocycles. The molecule has 1 aliphatic carbocycles. The summed E-state index contributed by atoms with van der Waals surface area (Å²) >= 11 is 0. The van der Waals surface area contributed by atoms with Gasteiger partial charge < -0.3 is 19.9 Å². The Bertz CT molecular complexity index is 1940. The number of aromatic amines is 2. The molecule has 0 radical (unpaired) electrons. The predicted molar refractivity (Wildman–Crippen MR) is 175 cm³/mol. The van der Waals surface area contributed by atoms with Gasteiger partial charge in [-0.05, 0) is 81.4 Å². The molecule has 3 N–H and O–H groups in total. The molecule has 10 heteroatoms. The molecule has 7 rings (SSSR count). The monoisotopic (exact) mass is 604 g/mol. The van der Waals surface area contributed by atoms with Crippen LogP contribution in [0.1, 0.15) is 31.2 Å². The van der Waals surface area contributed by atoms with Crippen molar-refractivity contribution in [1.29, 1.82) is 0 Å². The first-order valence-corrected chi connectivity index (χ1v) is 15.6. The fraction of sp³-hybridized carbons (Fsp3) is 0.314. The fourth-order valence-corrected chi connectivity index (χ4v) is 6.18. The molecule has 0 atom stereocenters. The van der Waals surface area contributed by atoms with Crippen molar-refractivity contribution >= 4 is 21.8 Å². The number of nitrogens with one attached hydrogen (secondary N) is 3. The topological polar surface area (TPSA) is 108 Å². The molecule has 45 heavy (non-hydrogen) atoms. The lowest BCUT2D eigenvalue weighted by molar-refractivity contribution is 0.260. The van der Waals surface area contributed by atoms with Gasteiger partial charge in [0.1, 0.15) is 23.9 Å². The quantitative estimate of drug-likeness (QED) is 0.153. The van der Waals surface area contributed by atoms with Gasteiger partial charge in [0.2, 0.25) is 0 Å². The molecule has 0 aliphatic heterocycles. The van der Waals surface area contributed by atoms with Gasteiger partial charge >= 0.3 is 0 Å². The van der Waals surface area contributed by atoms with Crippen molar-refractivity contribution < 1.29 is 9.13 Å². The summed E-state index contributed by atoms with van der Waals surface area (Å²) in [6.07, 6.45) is 12.7. The van der Waals surface area contributed by atoms with Crippen molar-refractivity contribution in [2.45, 2.75) is 32.2 Å². The number of ether oxygens (including phenoxy) is 1. The predicted octanol–water partition coefficient (Wildman–Crippen LogP) is 6.59. The van der Waals surface area contributed by atoms with Crippen LogP contribution in [0.5, 0.6) is 5.75 Å². The van der Waals surface area contributed by atoms with E-state index in [1.54, 1.807) is 6.20 Å². The molecule has 0 spiro atoms. The summed E-state index contributed by atoms with van der Waals surface area (Å²) in [5.41, 5.74) is 7.54. The van der Waals surface area contributed by atoms with E-state index in [4.69, 9.17) is 9.72 Å². The van der Waals surface area contributed by atoms with Crippen LogP contribution in [0.3, 0.4) is 0 Å². The van der Waals surface area contributed by atoms with Gasteiger partial charge in [0.15, 0.2) is 0 Å². The van der Waals surface area contributed by atoms with Crippen LogP contribution in [-0.4, -0.2) is 68.8 Å². The standard InChI is InChI=1S/C35H37FN8O/c1-44(2)9-10-45-27-13-24(12-26(36)14-27)34-28-16-32(41-30(28)7-8-39-34)35-29-15-31(40-21-33(29)42-43-35)25-11-23(19-38-20-25)18-37-17-22-5-3-4-6-22/h7-8,11-16,19-22,37,41H,3-6,9-10,17-18H2,1-2H3,(H,42,43). The molecule has 9 nitrogen and oxygen atoms in total. The first-order chi connectivity index (χ1) is 22.0. The number of pyridine rings is 3. The number of aromatic nitrogens is 6. The Kier molecular flexibility index (Phi) is 8.23. The Labute approximate surface area is 261 Å². The van der Waals surface area contributed by atoms with E-state index in [0.717, 1.165) is 75.6 Å². The van der Waals surface area contributed by atoms with E-state index >= 15 is 0 Å². The molecule has 0 amide bonds. The summed E-state index contributed by atoms with van der Waals surface area (Å²) in [4.78, 5) is 19.4. The summed E-state index contributed by atoms with van der Waals surface area (Å²) in [6.45, 7) is 3.04. The molecule has 0 bridgehead atoms. The van der Waals surface area contributed by atoms with E-state index in [1.165, 1.54) is 37.8 Å². The maximum Gasteiger partial charge on any atom is 0.127 e. The van der Waals surface area contributed by atoms with Crippen LogP contribution in [0.4, 0.5) is 4.39 Å². The Morgan fingerprint density at radius 3 is 2.67 bits per heavy atom. The second kappa shape index (κ2) is 12.7. The van der Waals surface area contributed by atoms with Gasteiger partial charge in [-0.25, -0.2) is 4.39 Å². The average molecular weight is 605 g/mol. The zero-order valence-electron chi connectivity index (χ0n) is 25.6. The lowest BCUT2D eigenvalue weighted by atomic mass is 10.1. The minimum atomic E-state index is -0.372. The molecule has 6 aromatic rings. The van der Waals surface area contributed by atoms with Gasteiger partial charge in [0, 0.05) is 65.2 Å². The van der Waals surface area contributed by atoms with Crippen molar-refractivity contribution in [1.82, 2.24) is 40.3 Å². The van der Waals surface area contributed by atoms with Crippen LogP contribution in [0.25, 0.3) is 55.7 Å². The molecular formula is C35H37FN8O. The number of H-pyrrole nitrogens is 2. The number of halogens is 1. The van der Waals surface area contributed by atoms with E-state index in [2.05, 4.69) is 42.6 Å². The third-order valence-electron chi connectivity index (χ3n) is 8.53. The van der Waals surface area contributed by atoms with Gasteiger partial charge in [-0.15, -0.1) is 0 Å². The number of hydrogen-bond acceptors (Lipinski definition) is 7. The average Bonchev–Trinajstić information content (AvgIpc) is 3.80. The number of fused-ring (bicyclic) bond motifs is 2. The largest absolute Gasteiger partial charge is 0.492 e.